The van der Waals surface area contributed by atoms with Crippen molar-refractivity contribution < 1.29 is 4.79 Å². The molecule has 0 aliphatic carbocycles. The Morgan fingerprint density at radius 2 is 1.42 bits per heavy atom. The molecule has 0 aliphatic rings. The van der Waals surface area contributed by atoms with Crippen LogP contribution in [0.5, 0.6) is 0 Å². The topological polar surface area (TPSA) is 20.3 Å². The fourth-order valence-electron chi connectivity index (χ4n) is 2.99. The van der Waals surface area contributed by atoms with E-state index in [1.54, 1.807) is 0 Å². The van der Waals surface area contributed by atoms with Crippen LogP contribution in [0.2, 0.25) is 0 Å². The van der Waals surface area contributed by atoms with Crippen molar-refractivity contribution in [3.05, 3.63) is 71.8 Å². The molecule has 0 aromatic heterocycles. The zero-order valence-electron chi connectivity index (χ0n) is 15.1. The van der Waals surface area contributed by atoms with Crippen molar-refractivity contribution in [2.75, 3.05) is 19.6 Å². The van der Waals surface area contributed by atoms with E-state index >= 15 is 0 Å². The van der Waals surface area contributed by atoms with Crippen LogP contribution in [0.4, 0.5) is 0 Å². The Labute approximate surface area is 146 Å². The highest BCUT2D eigenvalue weighted by Crippen LogP contribution is 2.25. The van der Waals surface area contributed by atoms with Gasteiger partial charge in [0.1, 0.15) is 5.78 Å². The SMILES string of the molecule is CCCN(CC(=O)C(C)C)CC(c1ccccc1)c1ccccc1. The Morgan fingerprint density at radius 1 is 0.917 bits per heavy atom. The minimum atomic E-state index is 0.0938. The molecule has 24 heavy (non-hydrogen) atoms. The highest BCUT2D eigenvalue weighted by molar-refractivity contribution is 5.82. The summed E-state index contributed by atoms with van der Waals surface area (Å²) in [7, 11) is 0. The Morgan fingerprint density at radius 3 is 1.83 bits per heavy atom. The second kappa shape index (κ2) is 9.39. The smallest absolute Gasteiger partial charge is 0.149 e. The lowest BCUT2D eigenvalue weighted by molar-refractivity contribution is -0.123. The lowest BCUT2D eigenvalue weighted by Crippen LogP contribution is -2.36. The molecule has 0 saturated carbocycles. The van der Waals surface area contributed by atoms with E-state index < -0.39 is 0 Å². The van der Waals surface area contributed by atoms with Crippen LogP contribution >= 0.6 is 0 Å². The lowest BCUT2D eigenvalue weighted by atomic mass is 9.90. The molecule has 0 aliphatic heterocycles. The van der Waals surface area contributed by atoms with Gasteiger partial charge in [0, 0.05) is 18.4 Å². The first kappa shape index (κ1) is 18.4. The molecule has 0 bridgehead atoms. The molecule has 0 fully saturated rings. The second-order valence-corrected chi connectivity index (χ2v) is 6.73. The number of rotatable bonds is 9. The number of ketones is 1. The average Bonchev–Trinajstić information content (AvgIpc) is 2.61. The van der Waals surface area contributed by atoms with Crippen molar-refractivity contribution in [1.82, 2.24) is 4.90 Å². The molecule has 2 aromatic rings. The van der Waals surface area contributed by atoms with Crippen molar-refractivity contribution in [2.24, 2.45) is 5.92 Å². The summed E-state index contributed by atoms with van der Waals surface area (Å²) in [4.78, 5) is 14.6. The lowest BCUT2D eigenvalue weighted by Gasteiger charge is -2.28. The summed E-state index contributed by atoms with van der Waals surface area (Å²) in [6, 6.07) is 21.2. The molecule has 0 heterocycles. The molecule has 0 unspecified atom stereocenters. The minimum absolute atomic E-state index is 0.0938. The maximum atomic E-state index is 12.2. The van der Waals surface area contributed by atoms with Crippen LogP contribution in [0, 0.1) is 5.92 Å². The highest BCUT2D eigenvalue weighted by Gasteiger charge is 2.20. The van der Waals surface area contributed by atoms with E-state index in [9.17, 15) is 4.79 Å². The van der Waals surface area contributed by atoms with Crippen LogP contribution < -0.4 is 0 Å². The molecule has 0 amide bonds. The summed E-state index contributed by atoms with van der Waals surface area (Å²) >= 11 is 0. The maximum Gasteiger partial charge on any atom is 0.149 e. The van der Waals surface area contributed by atoms with Crippen molar-refractivity contribution in [3.8, 4) is 0 Å². The van der Waals surface area contributed by atoms with Gasteiger partial charge in [0.25, 0.3) is 0 Å². The largest absolute Gasteiger partial charge is 0.298 e. The first-order valence-electron chi connectivity index (χ1n) is 8.96. The standard InChI is InChI=1S/C22H29NO/c1-4-15-23(17-22(24)18(2)3)16-21(19-11-7-5-8-12-19)20-13-9-6-10-14-20/h5-14,18,21H,4,15-17H2,1-3H3. The van der Waals surface area contributed by atoms with Crippen LogP contribution in [0.15, 0.2) is 60.7 Å². The first-order chi connectivity index (χ1) is 11.6. The molecular formula is C22H29NO. The predicted molar refractivity (Wildman–Crippen MR) is 101 cm³/mol. The Kier molecular flexibility index (Phi) is 7.20. The number of carbonyl (C=O) groups excluding carboxylic acids is 1. The van der Waals surface area contributed by atoms with Crippen LogP contribution in [0.25, 0.3) is 0 Å². The molecule has 128 valence electrons. The number of carbonyl (C=O) groups is 1. The van der Waals surface area contributed by atoms with Crippen molar-refractivity contribution >= 4 is 5.78 Å². The molecule has 0 saturated heterocycles. The van der Waals surface area contributed by atoms with Gasteiger partial charge in [-0.3, -0.25) is 9.69 Å². The van der Waals surface area contributed by atoms with E-state index in [0.29, 0.717) is 18.2 Å². The van der Waals surface area contributed by atoms with Crippen LogP contribution in [0.3, 0.4) is 0 Å². The normalized spacial score (nSPS) is 11.4. The van der Waals surface area contributed by atoms with Gasteiger partial charge in [0.15, 0.2) is 0 Å². The van der Waals surface area contributed by atoms with Gasteiger partial charge in [-0.1, -0.05) is 81.4 Å². The summed E-state index contributed by atoms with van der Waals surface area (Å²) in [5, 5.41) is 0. The molecular weight excluding hydrogens is 294 g/mol. The third-order valence-corrected chi connectivity index (χ3v) is 4.41. The second-order valence-electron chi connectivity index (χ2n) is 6.73. The van der Waals surface area contributed by atoms with Crippen LogP contribution in [-0.2, 0) is 4.79 Å². The molecule has 0 atom stereocenters. The van der Waals surface area contributed by atoms with E-state index in [0.717, 1.165) is 19.5 Å². The highest BCUT2D eigenvalue weighted by atomic mass is 16.1. The van der Waals surface area contributed by atoms with Crippen molar-refractivity contribution in [1.29, 1.82) is 0 Å². The van der Waals surface area contributed by atoms with Gasteiger partial charge in [-0.25, -0.2) is 0 Å². The zero-order valence-corrected chi connectivity index (χ0v) is 15.1. The summed E-state index contributed by atoms with van der Waals surface area (Å²) in [5.41, 5.74) is 2.61. The Balaban J connectivity index is 2.24. The van der Waals surface area contributed by atoms with Gasteiger partial charge in [-0.05, 0) is 24.1 Å². The molecule has 2 rings (SSSR count). The van der Waals surface area contributed by atoms with E-state index in [4.69, 9.17) is 0 Å². The number of hydrogen-bond donors (Lipinski definition) is 0. The van der Waals surface area contributed by atoms with Crippen molar-refractivity contribution in [2.45, 2.75) is 33.1 Å². The maximum absolute atomic E-state index is 12.2. The summed E-state index contributed by atoms with van der Waals surface area (Å²) in [6.45, 7) is 8.51. The van der Waals surface area contributed by atoms with E-state index in [1.807, 2.05) is 13.8 Å². The summed E-state index contributed by atoms with van der Waals surface area (Å²) in [5.74, 6) is 0.707. The van der Waals surface area contributed by atoms with Gasteiger partial charge < -0.3 is 0 Å². The van der Waals surface area contributed by atoms with E-state index in [2.05, 4.69) is 72.5 Å². The number of Topliss-reactive ketones (excluding diaryl/α,β-unsaturated/α-hetero) is 1. The van der Waals surface area contributed by atoms with Gasteiger partial charge in [-0.15, -0.1) is 0 Å². The van der Waals surface area contributed by atoms with Gasteiger partial charge in [0.2, 0.25) is 0 Å². The van der Waals surface area contributed by atoms with Gasteiger partial charge in [-0.2, -0.15) is 0 Å². The quantitative estimate of drug-likeness (QED) is 0.663. The van der Waals surface area contributed by atoms with Crippen LogP contribution in [0.1, 0.15) is 44.2 Å². The van der Waals surface area contributed by atoms with E-state index in [1.165, 1.54) is 11.1 Å². The fourth-order valence-corrected chi connectivity index (χ4v) is 2.99. The molecule has 2 nitrogen and oxygen atoms in total. The molecule has 0 N–H and O–H groups in total. The predicted octanol–water partition coefficient (Wildman–Crippen LogP) is 4.76. The molecule has 0 radical (unpaired) electrons. The number of nitrogens with zero attached hydrogens (tertiary/aromatic N) is 1. The average molecular weight is 323 g/mol. The van der Waals surface area contributed by atoms with Crippen molar-refractivity contribution in [3.63, 3.8) is 0 Å². The molecule has 2 heteroatoms. The Hall–Kier alpha value is -1.93. The Bertz CT molecular complexity index is 567. The van der Waals surface area contributed by atoms with Crippen LogP contribution in [-0.4, -0.2) is 30.3 Å². The zero-order chi connectivity index (χ0) is 17.4. The third-order valence-electron chi connectivity index (χ3n) is 4.41. The molecule has 2 aromatic carbocycles. The number of benzene rings is 2. The van der Waals surface area contributed by atoms with Gasteiger partial charge in [0.05, 0.1) is 6.54 Å². The van der Waals surface area contributed by atoms with E-state index in [-0.39, 0.29) is 5.92 Å². The summed E-state index contributed by atoms with van der Waals surface area (Å²) < 4.78 is 0. The monoisotopic (exact) mass is 323 g/mol. The third kappa shape index (κ3) is 5.31. The molecule has 0 spiro atoms. The summed E-state index contributed by atoms with van der Waals surface area (Å²) in [6.07, 6.45) is 1.06. The fraction of sp³-hybridized carbons (Fsp3) is 0.409. The number of hydrogen-bond acceptors (Lipinski definition) is 2. The minimum Gasteiger partial charge on any atom is -0.298 e. The van der Waals surface area contributed by atoms with Gasteiger partial charge >= 0.3 is 0 Å². The first-order valence-corrected chi connectivity index (χ1v) is 8.96.